The lowest BCUT2D eigenvalue weighted by molar-refractivity contribution is 0.418. The highest BCUT2D eigenvalue weighted by Gasteiger charge is 2.03. The van der Waals surface area contributed by atoms with Gasteiger partial charge >= 0.3 is 0 Å². The summed E-state index contributed by atoms with van der Waals surface area (Å²) in [7, 11) is 2.17. The molecule has 1 nitrogen and oxygen atoms in total. The third-order valence-electron chi connectivity index (χ3n) is 2.00. The van der Waals surface area contributed by atoms with Crippen molar-refractivity contribution in [1.82, 2.24) is 4.90 Å². The molecule has 1 heteroatoms. The molecule has 1 aliphatic rings. The Balaban J connectivity index is 0. The minimum Gasteiger partial charge on any atom is -0.306 e. The van der Waals surface area contributed by atoms with Crippen LogP contribution in [0.25, 0.3) is 0 Å². The van der Waals surface area contributed by atoms with Crippen LogP contribution in [0.5, 0.6) is 0 Å². The number of likely N-dealkylation sites (tertiary alicyclic amines) is 1. The highest BCUT2D eigenvalue weighted by Crippen LogP contribution is 2.02. The topological polar surface area (TPSA) is 3.24 Å². The van der Waals surface area contributed by atoms with Crippen molar-refractivity contribution >= 4 is 0 Å². The fraction of sp³-hybridized carbons (Fsp3) is 0.600. The molecule has 1 fully saturated rings. The fourth-order valence-electron chi connectivity index (χ4n) is 1.26. The maximum atomic E-state index is 2.36. The lowest BCUT2D eigenvalue weighted by Crippen LogP contribution is -2.10. The van der Waals surface area contributed by atoms with Crippen molar-refractivity contribution in [2.45, 2.75) is 40.5 Å². The predicted octanol–water partition coefficient (Wildman–Crippen LogP) is 4.45. The summed E-state index contributed by atoms with van der Waals surface area (Å²) in [6, 6.07) is 12.0. The molecule has 1 aliphatic heterocycles. The van der Waals surface area contributed by atoms with Gasteiger partial charge < -0.3 is 4.90 Å². The van der Waals surface area contributed by atoms with Crippen LogP contribution in [0.15, 0.2) is 36.4 Å². The zero-order valence-corrected chi connectivity index (χ0v) is 11.7. The summed E-state index contributed by atoms with van der Waals surface area (Å²) in [6.45, 7) is 10.6. The van der Waals surface area contributed by atoms with Gasteiger partial charge in [-0.3, -0.25) is 0 Å². The highest BCUT2D eigenvalue weighted by molar-refractivity contribution is 4.99. The van der Waals surface area contributed by atoms with Gasteiger partial charge in [-0.2, -0.15) is 0 Å². The normalized spacial score (nSPS) is 13.3. The van der Waals surface area contributed by atoms with Crippen LogP contribution in [-0.4, -0.2) is 25.0 Å². The molecular formula is C15H29N. The monoisotopic (exact) mass is 223 g/mol. The van der Waals surface area contributed by atoms with E-state index in [1.807, 2.05) is 64.1 Å². The summed E-state index contributed by atoms with van der Waals surface area (Å²) >= 11 is 0. The number of hydrogen-bond donors (Lipinski definition) is 0. The van der Waals surface area contributed by atoms with Crippen LogP contribution in [0.2, 0.25) is 0 Å². The minimum atomic E-state index is 1.32. The molecule has 0 unspecified atom stereocenters. The van der Waals surface area contributed by atoms with Gasteiger partial charge in [-0.05, 0) is 33.0 Å². The van der Waals surface area contributed by atoms with E-state index < -0.39 is 0 Å². The maximum absolute atomic E-state index is 2.36. The van der Waals surface area contributed by atoms with E-state index in [1.54, 1.807) is 0 Å². The van der Waals surface area contributed by atoms with Crippen molar-refractivity contribution in [3.63, 3.8) is 0 Å². The second-order valence-corrected chi connectivity index (χ2v) is 3.17. The van der Waals surface area contributed by atoms with E-state index >= 15 is 0 Å². The van der Waals surface area contributed by atoms with Gasteiger partial charge in [-0.25, -0.2) is 0 Å². The molecule has 0 radical (unpaired) electrons. The number of hydrogen-bond acceptors (Lipinski definition) is 1. The summed E-state index contributed by atoms with van der Waals surface area (Å²) in [5.74, 6) is 0. The SMILES string of the molecule is CC.CC.CN1CCCC1.c1ccccc1. The van der Waals surface area contributed by atoms with E-state index in [9.17, 15) is 0 Å². The molecule has 0 saturated carbocycles. The van der Waals surface area contributed by atoms with Gasteiger partial charge in [-0.15, -0.1) is 0 Å². The molecule has 0 aromatic heterocycles. The zero-order chi connectivity index (χ0) is 12.6. The number of nitrogens with zero attached hydrogens (tertiary/aromatic N) is 1. The lowest BCUT2D eigenvalue weighted by Gasteiger charge is -2.01. The van der Waals surface area contributed by atoms with Crippen LogP contribution in [0.3, 0.4) is 0 Å². The molecule has 94 valence electrons. The molecule has 2 rings (SSSR count). The Labute approximate surface area is 102 Å². The Hall–Kier alpha value is -0.820. The molecule has 0 N–H and O–H groups in total. The maximum Gasteiger partial charge on any atom is -0.00213 e. The van der Waals surface area contributed by atoms with Gasteiger partial charge in [0.1, 0.15) is 0 Å². The molecular weight excluding hydrogens is 194 g/mol. The first-order chi connectivity index (χ1) is 7.89. The van der Waals surface area contributed by atoms with Gasteiger partial charge in [0.05, 0.1) is 0 Å². The summed E-state index contributed by atoms with van der Waals surface area (Å²) < 4.78 is 0. The van der Waals surface area contributed by atoms with Gasteiger partial charge in [0.25, 0.3) is 0 Å². The van der Waals surface area contributed by atoms with Gasteiger partial charge in [0, 0.05) is 0 Å². The summed E-state index contributed by atoms with van der Waals surface area (Å²) in [5.41, 5.74) is 0. The molecule has 0 aliphatic carbocycles. The third kappa shape index (κ3) is 13.2. The first-order valence-electron chi connectivity index (χ1n) is 6.58. The van der Waals surface area contributed by atoms with Crippen molar-refractivity contribution in [3.05, 3.63) is 36.4 Å². The third-order valence-corrected chi connectivity index (χ3v) is 2.00. The predicted molar refractivity (Wildman–Crippen MR) is 75.9 cm³/mol. The smallest absolute Gasteiger partial charge is 0.00213 e. The Kier molecular flexibility index (Phi) is 18.2. The standard InChI is InChI=1S/C6H6.C5H11N.2C2H6/c1-2-4-6-5-3-1;1-6-4-2-3-5-6;2*1-2/h1-6H;2-5H2,1H3;2*1-2H3. The quantitative estimate of drug-likeness (QED) is 0.628. The van der Waals surface area contributed by atoms with Crippen molar-refractivity contribution in [1.29, 1.82) is 0 Å². The van der Waals surface area contributed by atoms with E-state index in [1.165, 1.54) is 25.9 Å². The van der Waals surface area contributed by atoms with Crippen molar-refractivity contribution in [3.8, 4) is 0 Å². The Morgan fingerprint density at radius 3 is 1.00 bits per heavy atom. The highest BCUT2D eigenvalue weighted by atomic mass is 15.1. The lowest BCUT2D eigenvalue weighted by atomic mass is 10.4. The van der Waals surface area contributed by atoms with Crippen molar-refractivity contribution in [2.75, 3.05) is 20.1 Å². The Morgan fingerprint density at radius 2 is 0.875 bits per heavy atom. The Bertz CT molecular complexity index is 151. The van der Waals surface area contributed by atoms with Crippen LogP contribution < -0.4 is 0 Å². The van der Waals surface area contributed by atoms with E-state index in [0.29, 0.717) is 0 Å². The molecule has 0 bridgehead atoms. The average Bonchev–Trinajstić information content (AvgIpc) is 2.88. The molecule has 0 atom stereocenters. The molecule has 1 saturated heterocycles. The second-order valence-electron chi connectivity index (χ2n) is 3.17. The van der Waals surface area contributed by atoms with Crippen LogP contribution in [-0.2, 0) is 0 Å². The van der Waals surface area contributed by atoms with Gasteiger partial charge in [0.2, 0.25) is 0 Å². The minimum absolute atomic E-state index is 1.32. The summed E-state index contributed by atoms with van der Waals surface area (Å²) in [6.07, 6.45) is 2.83. The van der Waals surface area contributed by atoms with E-state index in [0.717, 1.165) is 0 Å². The van der Waals surface area contributed by atoms with E-state index in [2.05, 4.69) is 11.9 Å². The fourth-order valence-corrected chi connectivity index (χ4v) is 1.26. The molecule has 0 amide bonds. The number of benzene rings is 1. The summed E-state index contributed by atoms with van der Waals surface area (Å²) in [5, 5.41) is 0. The summed E-state index contributed by atoms with van der Waals surface area (Å²) in [4.78, 5) is 2.36. The second kappa shape index (κ2) is 16.6. The van der Waals surface area contributed by atoms with Crippen molar-refractivity contribution in [2.24, 2.45) is 0 Å². The van der Waals surface area contributed by atoms with Crippen LogP contribution >= 0.6 is 0 Å². The van der Waals surface area contributed by atoms with Crippen LogP contribution in [0.1, 0.15) is 40.5 Å². The largest absolute Gasteiger partial charge is 0.306 e. The molecule has 0 spiro atoms. The molecule has 1 heterocycles. The van der Waals surface area contributed by atoms with E-state index in [4.69, 9.17) is 0 Å². The van der Waals surface area contributed by atoms with Crippen LogP contribution in [0, 0.1) is 0 Å². The van der Waals surface area contributed by atoms with Crippen LogP contribution in [0.4, 0.5) is 0 Å². The first kappa shape index (κ1) is 17.6. The average molecular weight is 223 g/mol. The molecule has 1 aromatic rings. The molecule has 1 aromatic carbocycles. The van der Waals surface area contributed by atoms with Gasteiger partial charge in [0.15, 0.2) is 0 Å². The van der Waals surface area contributed by atoms with Gasteiger partial charge in [-0.1, -0.05) is 64.1 Å². The zero-order valence-electron chi connectivity index (χ0n) is 11.7. The Morgan fingerprint density at radius 1 is 0.625 bits per heavy atom. The first-order valence-corrected chi connectivity index (χ1v) is 6.58. The number of rotatable bonds is 0. The van der Waals surface area contributed by atoms with E-state index in [-0.39, 0.29) is 0 Å². The molecule has 16 heavy (non-hydrogen) atoms. The van der Waals surface area contributed by atoms with Crippen molar-refractivity contribution < 1.29 is 0 Å².